The molecule has 1 atom stereocenters. The summed E-state index contributed by atoms with van der Waals surface area (Å²) in [6, 6.07) is 4.95. The molecule has 1 unspecified atom stereocenters. The van der Waals surface area contributed by atoms with E-state index in [0.29, 0.717) is 22.9 Å². The molecule has 8 heteroatoms. The lowest BCUT2D eigenvalue weighted by Gasteiger charge is -2.10. The van der Waals surface area contributed by atoms with Crippen molar-refractivity contribution in [2.45, 2.75) is 30.4 Å². The zero-order valence-corrected chi connectivity index (χ0v) is 13.8. The van der Waals surface area contributed by atoms with Crippen molar-refractivity contribution in [3.63, 3.8) is 0 Å². The number of halogens is 3. The average molecular weight is 356 g/mol. The van der Waals surface area contributed by atoms with Crippen molar-refractivity contribution in [1.29, 1.82) is 0 Å². The Hall–Kier alpha value is -2.09. The van der Waals surface area contributed by atoms with Crippen LogP contribution in [0.2, 0.25) is 0 Å². The number of nitrogens with zero attached hydrogens (tertiary/aromatic N) is 2. The van der Waals surface area contributed by atoms with Crippen LogP contribution >= 0.6 is 11.8 Å². The quantitative estimate of drug-likeness (QED) is 0.456. The molecule has 0 aliphatic heterocycles. The molecule has 0 bridgehead atoms. The van der Waals surface area contributed by atoms with Crippen LogP contribution in [0.4, 0.5) is 13.2 Å². The van der Waals surface area contributed by atoms with E-state index in [1.165, 1.54) is 18.5 Å². The van der Waals surface area contributed by atoms with Gasteiger partial charge in [0.15, 0.2) is 5.16 Å². The van der Waals surface area contributed by atoms with Crippen molar-refractivity contribution in [3.8, 4) is 11.1 Å². The van der Waals surface area contributed by atoms with E-state index in [9.17, 15) is 18.0 Å². The summed E-state index contributed by atoms with van der Waals surface area (Å²) in [5.41, 5.74) is 0.114. The predicted molar refractivity (Wildman–Crippen MR) is 84.4 cm³/mol. The predicted octanol–water partition coefficient (Wildman–Crippen LogP) is 4.21. The van der Waals surface area contributed by atoms with Crippen molar-refractivity contribution in [1.82, 2.24) is 9.97 Å². The van der Waals surface area contributed by atoms with Crippen LogP contribution in [0.15, 0.2) is 41.8 Å². The van der Waals surface area contributed by atoms with Gasteiger partial charge in [-0.1, -0.05) is 23.9 Å². The summed E-state index contributed by atoms with van der Waals surface area (Å²) in [6.07, 6.45) is -1.53. The first-order chi connectivity index (χ1) is 11.3. The van der Waals surface area contributed by atoms with Gasteiger partial charge in [-0.05, 0) is 31.5 Å². The van der Waals surface area contributed by atoms with Crippen LogP contribution in [0, 0.1) is 0 Å². The van der Waals surface area contributed by atoms with Gasteiger partial charge in [0.05, 0.1) is 12.2 Å². The van der Waals surface area contributed by atoms with Crippen molar-refractivity contribution < 1.29 is 22.7 Å². The molecule has 0 radical (unpaired) electrons. The van der Waals surface area contributed by atoms with Gasteiger partial charge in [-0.2, -0.15) is 13.2 Å². The smallest absolute Gasteiger partial charge is 0.416 e. The van der Waals surface area contributed by atoms with E-state index in [2.05, 4.69) is 9.97 Å². The zero-order chi connectivity index (χ0) is 17.7. The fraction of sp³-hybridized carbons (Fsp3) is 0.312. The second-order valence-electron chi connectivity index (χ2n) is 4.85. The van der Waals surface area contributed by atoms with E-state index in [1.54, 1.807) is 19.9 Å². The summed E-state index contributed by atoms with van der Waals surface area (Å²) in [4.78, 5) is 19.7. The first kappa shape index (κ1) is 18.3. The van der Waals surface area contributed by atoms with Crippen LogP contribution in [0.3, 0.4) is 0 Å². The van der Waals surface area contributed by atoms with Crippen LogP contribution in [0.25, 0.3) is 11.1 Å². The topological polar surface area (TPSA) is 52.1 Å². The molecule has 4 nitrogen and oxygen atoms in total. The first-order valence-corrected chi connectivity index (χ1v) is 8.02. The van der Waals surface area contributed by atoms with E-state index in [-0.39, 0.29) is 5.97 Å². The highest BCUT2D eigenvalue weighted by atomic mass is 32.2. The van der Waals surface area contributed by atoms with Crippen LogP contribution in [-0.4, -0.2) is 27.8 Å². The van der Waals surface area contributed by atoms with Crippen LogP contribution in [0.1, 0.15) is 19.4 Å². The molecule has 2 rings (SSSR count). The van der Waals surface area contributed by atoms with Crippen molar-refractivity contribution >= 4 is 17.7 Å². The Kier molecular flexibility index (Phi) is 5.82. The van der Waals surface area contributed by atoms with Gasteiger partial charge >= 0.3 is 12.1 Å². The molecule has 0 aliphatic carbocycles. The van der Waals surface area contributed by atoms with Gasteiger partial charge in [-0.15, -0.1) is 0 Å². The van der Waals surface area contributed by atoms with Crippen LogP contribution in [0.5, 0.6) is 0 Å². The minimum absolute atomic E-state index is 0.291. The number of rotatable bonds is 5. The highest BCUT2D eigenvalue weighted by Crippen LogP contribution is 2.32. The molecule has 24 heavy (non-hydrogen) atoms. The normalized spacial score (nSPS) is 12.7. The number of carbonyl (C=O) groups is 1. The van der Waals surface area contributed by atoms with Crippen molar-refractivity contribution in [2.75, 3.05) is 6.61 Å². The standard InChI is InChI=1S/C16H15F3N2O2S/c1-3-23-14(22)10(2)24-15-20-8-12(9-21-15)11-5-4-6-13(7-11)16(17,18)19/h4-10H,3H2,1-2H3. The van der Waals surface area contributed by atoms with Crippen LogP contribution < -0.4 is 0 Å². The fourth-order valence-electron chi connectivity index (χ4n) is 1.87. The summed E-state index contributed by atoms with van der Waals surface area (Å²) >= 11 is 1.13. The van der Waals surface area contributed by atoms with E-state index in [4.69, 9.17) is 4.74 Å². The molecule has 1 aromatic heterocycles. The Morgan fingerprint density at radius 3 is 2.50 bits per heavy atom. The number of ether oxygens (including phenoxy) is 1. The lowest BCUT2D eigenvalue weighted by Crippen LogP contribution is -2.17. The minimum atomic E-state index is -4.40. The second kappa shape index (κ2) is 7.65. The summed E-state index contributed by atoms with van der Waals surface area (Å²) in [5, 5.41) is -0.115. The highest BCUT2D eigenvalue weighted by Gasteiger charge is 2.30. The Bertz CT molecular complexity index is 705. The maximum absolute atomic E-state index is 12.8. The van der Waals surface area contributed by atoms with Gasteiger partial charge in [-0.3, -0.25) is 4.79 Å². The monoisotopic (exact) mass is 356 g/mol. The van der Waals surface area contributed by atoms with Gasteiger partial charge in [0.1, 0.15) is 5.25 Å². The Morgan fingerprint density at radius 1 is 1.25 bits per heavy atom. The lowest BCUT2D eigenvalue weighted by molar-refractivity contribution is -0.142. The fourth-order valence-corrected chi connectivity index (χ4v) is 2.57. The molecule has 2 aromatic rings. The number of aromatic nitrogens is 2. The largest absolute Gasteiger partial charge is 0.465 e. The highest BCUT2D eigenvalue weighted by molar-refractivity contribution is 8.00. The summed E-state index contributed by atoms with van der Waals surface area (Å²) < 4.78 is 43.1. The third-order valence-corrected chi connectivity index (χ3v) is 4.02. The number of carbonyl (C=O) groups excluding carboxylic acids is 1. The zero-order valence-electron chi connectivity index (χ0n) is 13.0. The number of hydrogen-bond acceptors (Lipinski definition) is 5. The molecule has 1 heterocycles. The van der Waals surface area contributed by atoms with E-state index < -0.39 is 17.0 Å². The molecule has 0 N–H and O–H groups in total. The molecule has 1 aromatic carbocycles. The molecule has 128 valence electrons. The average Bonchev–Trinajstić information content (AvgIpc) is 2.55. The van der Waals surface area contributed by atoms with Gasteiger partial charge < -0.3 is 4.74 Å². The van der Waals surface area contributed by atoms with E-state index in [1.807, 2.05) is 0 Å². The summed E-state index contributed by atoms with van der Waals surface area (Å²) in [7, 11) is 0. The van der Waals surface area contributed by atoms with Gasteiger partial charge in [0.2, 0.25) is 0 Å². The van der Waals surface area contributed by atoms with E-state index >= 15 is 0 Å². The molecule has 0 amide bonds. The van der Waals surface area contributed by atoms with Crippen LogP contribution in [-0.2, 0) is 15.7 Å². The second-order valence-corrected chi connectivity index (χ2v) is 6.15. The van der Waals surface area contributed by atoms with Gasteiger partial charge in [0, 0.05) is 18.0 Å². The van der Waals surface area contributed by atoms with Crippen molar-refractivity contribution in [2.24, 2.45) is 0 Å². The Morgan fingerprint density at radius 2 is 1.92 bits per heavy atom. The Labute approximate surface area is 141 Å². The SMILES string of the molecule is CCOC(=O)C(C)Sc1ncc(-c2cccc(C(F)(F)F)c2)cn1. The number of alkyl halides is 3. The molecule has 0 saturated heterocycles. The Balaban J connectivity index is 2.14. The number of hydrogen-bond donors (Lipinski definition) is 0. The van der Waals surface area contributed by atoms with Crippen molar-refractivity contribution in [3.05, 3.63) is 42.2 Å². The van der Waals surface area contributed by atoms with E-state index in [0.717, 1.165) is 23.9 Å². The van der Waals surface area contributed by atoms with Gasteiger partial charge in [-0.25, -0.2) is 9.97 Å². The molecule has 0 saturated carbocycles. The molecule has 0 aliphatic rings. The molecular formula is C16H15F3N2O2S. The number of benzene rings is 1. The molecular weight excluding hydrogens is 341 g/mol. The lowest BCUT2D eigenvalue weighted by atomic mass is 10.1. The summed E-state index contributed by atoms with van der Waals surface area (Å²) in [6.45, 7) is 3.68. The number of esters is 1. The maximum atomic E-state index is 12.8. The molecule has 0 fully saturated rings. The van der Waals surface area contributed by atoms with Gasteiger partial charge in [0.25, 0.3) is 0 Å². The maximum Gasteiger partial charge on any atom is 0.416 e. The third-order valence-electron chi connectivity index (χ3n) is 3.05. The summed E-state index contributed by atoms with van der Waals surface area (Å²) in [5.74, 6) is -0.368. The third kappa shape index (κ3) is 4.70. The first-order valence-electron chi connectivity index (χ1n) is 7.14. The minimum Gasteiger partial charge on any atom is -0.465 e. The number of thioether (sulfide) groups is 1. The molecule has 0 spiro atoms.